The number of para-hydroxylation sites is 1. The van der Waals surface area contributed by atoms with E-state index in [4.69, 9.17) is 6.42 Å². The van der Waals surface area contributed by atoms with Gasteiger partial charge in [-0.1, -0.05) is 29.8 Å². The standard InChI is InChI=1S/C17H17N3O2S/c1-3-10-18-15(21)11(2)23-17-19-14-7-5-4-6-13(14)16(22)20(17)12-8-9-12/h1,4-7,11-12H,8-10H2,2H3,(H,18,21). The predicted molar refractivity (Wildman–Crippen MR) is 91.4 cm³/mol. The van der Waals surface area contributed by atoms with E-state index in [2.05, 4.69) is 16.2 Å². The van der Waals surface area contributed by atoms with Crippen LogP contribution in [-0.2, 0) is 4.79 Å². The third kappa shape index (κ3) is 3.25. The molecule has 1 atom stereocenters. The lowest BCUT2D eigenvalue weighted by Gasteiger charge is -2.15. The van der Waals surface area contributed by atoms with E-state index in [1.54, 1.807) is 17.6 Å². The second kappa shape index (κ2) is 6.47. The molecule has 3 rings (SSSR count). The molecule has 1 saturated carbocycles. The highest BCUT2D eigenvalue weighted by Gasteiger charge is 2.29. The molecule has 1 aliphatic carbocycles. The minimum atomic E-state index is -0.374. The summed E-state index contributed by atoms with van der Waals surface area (Å²) in [6.45, 7) is 1.99. The quantitative estimate of drug-likeness (QED) is 0.518. The van der Waals surface area contributed by atoms with E-state index in [9.17, 15) is 9.59 Å². The van der Waals surface area contributed by atoms with Gasteiger partial charge in [0.05, 0.1) is 22.7 Å². The first-order valence-electron chi connectivity index (χ1n) is 7.51. The summed E-state index contributed by atoms with van der Waals surface area (Å²) in [5, 5.41) is 3.50. The smallest absolute Gasteiger partial charge is 0.262 e. The average molecular weight is 327 g/mol. The van der Waals surface area contributed by atoms with Crippen LogP contribution < -0.4 is 10.9 Å². The van der Waals surface area contributed by atoms with Crippen molar-refractivity contribution in [3.05, 3.63) is 34.6 Å². The van der Waals surface area contributed by atoms with Crippen molar-refractivity contribution in [3.8, 4) is 12.3 Å². The first-order valence-corrected chi connectivity index (χ1v) is 8.39. The molecule has 6 heteroatoms. The highest BCUT2D eigenvalue weighted by Crippen LogP contribution is 2.37. The van der Waals surface area contributed by atoms with Crippen LogP contribution in [-0.4, -0.2) is 27.3 Å². The Balaban J connectivity index is 1.96. The SMILES string of the molecule is C#CCNC(=O)C(C)Sc1nc2ccccc2c(=O)n1C1CC1. The maximum Gasteiger partial charge on any atom is 0.262 e. The third-order valence-electron chi connectivity index (χ3n) is 3.70. The molecular formula is C17H17N3O2S. The van der Waals surface area contributed by atoms with E-state index >= 15 is 0 Å². The maximum atomic E-state index is 12.7. The van der Waals surface area contributed by atoms with Gasteiger partial charge in [-0.3, -0.25) is 14.2 Å². The van der Waals surface area contributed by atoms with Crippen LogP contribution in [0.15, 0.2) is 34.2 Å². The molecule has 1 amide bonds. The molecule has 1 N–H and O–H groups in total. The van der Waals surface area contributed by atoms with Crippen molar-refractivity contribution in [2.75, 3.05) is 6.54 Å². The Morgan fingerprint density at radius 1 is 1.52 bits per heavy atom. The monoisotopic (exact) mass is 327 g/mol. The second-order valence-corrected chi connectivity index (χ2v) is 6.81. The molecule has 0 bridgehead atoms. The molecule has 0 saturated heterocycles. The Morgan fingerprint density at radius 3 is 2.96 bits per heavy atom. The van der Waals surface area contributed by atoms with Crippen LogP contribution >= 0.6 is 11.8 Å². The Labute approximate surface area is 138 Å². The minimum absolute atomic E-state index is 0.0307. The number of hydrogen-bond donors (Lipinski definition) is 1. The van der Waals surface area contributed by atoms with Crippen molar-refractivity contribution in [2.45, 2.75) is 36.2 Å². The van der Waals surface area contributed by atoms with Gasteiger partial charge in [0.25, 0.3) is 5.56 Å². The molecule has 1 fully saturated rings. The summed E-state index contributed by atoms with van der Waals surface area (Å²) in [5.74, 6) is 2.22. The van der Waals surface area contributed by atoms with Crippen LogP contribution in [0.5, 0.6) is 0 Å². The number of nitrogens with one attached hydrogen (secondary N) is 1. The summed E-state index contributed by atoms with van der Waals surface area (Å²) in [6, 6.07) is 7.50. The van der Waals surface area contributed by atoms with Gasteiger partial charge in [0.1, 0.15) is 0 Å². The molecule has 118 valence electrons. The van der Waals surface area contributed by atoms with E-state index in [1.165, 1.54) is 11.8 Å². The molecule has 0 aliphatic heterocycles. The van der Waals surface area contributed by atoms with Crippen LogP contribution in [0.25, 0.3) is 10.9 Å². The van der Waals surface area contributed by atoms with Crippen molar-refractivity contribution in [2.24, 2.45) is 0 Å². The summed E-state index contributed by atoms with van der Waals surface area (Å²) in [6.07, 6.45) is 7.11. The molecular weight excluding hydrogens is 310 g/mol. The zero-order chi connectivity index (χ0) is 16.4. The number of carbonyl (C=O) groups excluding carboxylic acids is 1. The van der Waals surface area contributed by atoms with Crippen LogP contribution in [0.4, 0.5) is 0 Å². The lowest BCUT2D eigenvalue weighted by molar-refractivity contribution is -0.120. The Bertz CT molecular complexity index is 849. The van der Waals surface area contributed by atoms with Gasteiger partial charge in [-0.2, -0.15) is 0 Å². The molecule has 0 spiro atoms. The van der Waals surface area contributed by atoms with Gasteiger partial charge in [0.15, 0.2) is 5.16 Å². The van der Waals surface area contributed by atoms with Crippen LogP contribution in [0, 0.1) is 12.3 Å². The van der Waals surface area contributed by atoms with Gasteiger partial charge in [-0.05, 0) is 31.9 Å². The molecule has 1 aromatic carbocycles. The van der Waals surface area contributed by atoms with E-state index < -0.39 is 0 Å². The van der Waals surface area contributed by atoms with Crippen LogP contribution in [0.1, 0.15) is 25.8 Å². The molecule has 0 radical (unpaired) electrons. The first-order chi connectivity index (χ1) is 11.1. The zero-order valence-corrected chi connectivity index (χ0v) is 13.6. The van der Waals surface area contributed by atoms with Crippen LogP contribution in [0.3, 0.4) is 0 Å². The molecule has 1 unspecified atom stereocenters. The molecule has 1 aromatic heterocycles. The lowest BCUT2D eigenvalue weighted by Crippen LogP contribution is -2.32. The van der Waals surface area contributed by atoms with Gasteiger partial charge in [0, 0.05) is 6.04 Å². The predicted octanol–water partition coefficient (Wildman–Crippen LogP) is 1.96. The van der Waals surface area contributed by atoms with Crippen molar-refractivity contribution in [1.29, 1.82) is 0 Å². The molecule has 1 aliphatic rings. The Morgan fingerprint density at radius 2 is 2.26 bits per heavy atom. The third-order valence-corrected chi connectivity index (χ3v) is 4.77. The second-order valence-electron chi connectivity index (χ2n) is 5.50. The summed E-state index contributed by atoms with van der Waals surface area (Å²) in [4.78, 5) is 29.4. The van der Waals surface area contributed by atoms with Crippen molar-refractivity contribution < 1.29 is 4.79 Å². The minimum Gasteiger partial charge on any atom is -0.344 e. The van der Waals surface area contributed by atoms with Gasteiger partial charge < -0.3 is 5.32 Å². The number of nitrogens with zero attached hydrogens (tertiary/aromatic N) is 2. The van der Waals surface area contributed by atoms with Gasteiger partial charge in [0.2, 0.25) is 5.91 Å². The van der Waals surface area contributed by atoms with Crippen molar-refractivity contribution in [1.82, 2.24) is 14.9 Å². The molecule has 2 aromatic rings. The number of aromatic nitrogens is 2. The van der Waals surface area contributed by atoms with E-state index in [0.717, 1.165) is 12.8 Å². The molecule has 1 heterocycles. The maximum absolute atomic E-state index is 12.7. The fraction of sp³-hybridized carbons (Fsp3) is 0.353. The average Bonchev–Trinajstić information content (AvgIpc) is 3.37. The summed E-state index contributed by atoms with van der Waals surface area (Å²) in [5.41, 5.74) is 0.630. The number of fused-ring (bicyclic) bond motifs is 1. The van der Waals surface area contributed by atoms with Gasteiger partial charge in [-0.25, -0.2) is 4.98 Å². The summed E-state index contributed by atoms with van der Waals surface area (Å²) in [7, 11) is 0. The largest absolute Gasteiger partial charge is 0.344 e. The normalized spacial score (nSPS) is 15.1. The van der Waals surface area contributed by atoms with Crippen molar-refractivity contribution in [3.63, 3.8) is 0 Å². The topological polar surface area (TPSA) is 64.0 Å². The first kappa shape index (κ1) is 15.6. The number of terminal acetylenes is 1. The van der Waals surface area contributed by atoms with Crippen LogP contribution in [0.2, 0.25) is 0 Å². The number of thioether (sulfide) groups is 1. The summed E-state index contributed by atoms with van der Waals surface area (Å²) >= 11 is 1.30. The lowest BCUT2D eigenvalue weighted by atomic mass is 10.2. The number of rotatable bonds is 5. The van der Waals surface area contributed by atoms with Gasteiger partial charge in [-0.15, -0.1) is 6.42 Å². The molecule has 5 nitrogen and oxygen atoms in total. The fourth-order valence-electron chi connectivity index (χ4n) is 2.36. The van der Waals surface area contributed by atoms with E-state index in [1.807, 2.05) is 18.2 Å². The van der Waals surface area contributed by atoms with Crippen molar-refractivity contribution >= 4 is 28.6 Å². The number of benzene rings is 1. The number of carbonyl (C=O) groups is 1. The fourth-order valence-corrected chi connectivity index (χ4v) is 3.36. The highest BCUT2D eigenvalue weighted by atomic mass is 32.2. The Hall–Kier alpha value is -2.26. The molecule has 23 heavy (non-hydrogen) atoms. The number of amides is 1. The summed E-state index contributed by atoms with van der Waals surface area (Å²) < 4.78 is 1.73. The zero-order valence-electron chi connectivity index (χ0n) is 12.8. The van der Waals surface area contributed by atoms with E-state index in [-0.39, 0.29) is 29.3 Å². The Kier molecular flexibility index (Phi) is 4.39. The van der Waals surface area contributed by atoms with E-state index in [0.29, 0.717) is 16.1 Å². The van der Waals surface area contributed by atoms with Gasteiger partial charge >= 0.3 is 0 Å². The highest BCUT2D eigenvalue weighted by molar-refractivity contribution is 8.00. The number of hydrogen-bond acceptors (Lipinski definition) is 4.